The number of rotatable bonds is 7. The second-order valence-corrected chi connectivity index (χ2v) is 11.0. The van der Waals surface area contributed by atoms with Crippen LogP contribution < -0.4 is 20.3 Å². The van der Waals surface area contributed by atoms with E-state index in [0.29, 0.717) is 30.4 Å². The third-order valence-corrected chi connectivity index (χ3v) is 7.84. The summed E-state index contributed by atoms with van der Waals surface area (Å²) in [7, 11) is -3.82. The number of nitrogens with one attached hydrogen (secondary N) is 3. The van der Waals surface area contributed by atoms with Crippen molar-refractivity contribution in [2.75, 3.05) is 46.6 Å². The number of amides is 2. The van der Waals surface area contributed by atoms with Crippen LogP contribution in [0.3, 0.4) is 0 Å². The molecule has 42 heavy (non-hydrogen) atoms. The average Bonchev–Trinajstić information content (AvgIpc) is 3.02. The van der Waals surface area contributed by atoms with Gasteiger partial charge < -0.3 is 20.3 Å². The van der Waals surface area contributed by atoms with E-state index < -0.39 is 16.1 Å². The van der Waals surface area contributed by atoms with E-state index in [1.54, 1.807) is 36.5 Å². The zero-order valence-electron chi connectivity index (χ0n) is 22.3. The number of sulfonamides is 1. The Bertz CT molecular complexity index is 1810. The smallest absolute Gasteiger partial charge is 0.323 e. The van der Waals surface area contributed by atoms with Crippen molar-refractivity contribution >= 4 is 50.1 Å². The van der Waals surface area contributed by atoms with Gasteiger partial charge in [-0.1, -0.05) is 6.07 Å². The van der Waals surface area contributed by atoms with Crippen LogP contribution in [-0.2, 0) is 14.8 Å². The summed E-state index contributed by atoms with van der Waals surface area (Å²) in [6, 6.07) is 21.2. The molecule has 3 N–H and O–H groups in total. The lowest BCUT2D eigenvalue weighted by atomic mass is 10.2. The van der Waals surface area contributed by atoms with Gasteiger partial charge in [0, 0.05) is 42.4 Å². The molecule has 4 heterocycles. The number of hydrogen-bond donors (Lipinski definition) is 3. The highest BCUT2D eigenvalue weighted by atomic mass is 32.2. The number of carbonyl (C=O) groups is 1. The third kappa shape index (κ3) is 6.11. The van der Waals surface area contributed by atoms with Gasteiger partial charge in [-0.25, -0.2) is 28.2 Å². The van der Waals surface area contributed by atoms with E-state index >= 15 is 0 Å². The molecular weight excluding hydrogens is 556 g/mol. The Morgan fingerprint density at radius 1 is 0.786 bits per heavy atom. The molecule has 6 rings (SSSR count). The van der Waals surface area contributed by atoms with Crippen molar-refractivity contribution in [1.82, 2.24) is 19.9 Å². The van der Waals surface area contributed by atoms with E-state index in [2.05, 4.69) is 30.2 Å². The van der Waals surface area contributed by atoms with Crippen molar-refractivity contribution in [1.29, 1.82) is 0 Å². The van der Waals surface area contributed by atoms with Gasteiger partial charge in [-0.2, -0.15) is 0 Å². The normalized spacial score (nSPS) is 13.5. The number of ether oxygens (including phenoxy) is 1. The maximum absolute atomic E-state index is 12.6. The molecule has 13 heteroatoms. The van der Waals surface area contributed by atoms with Gasteiger partial charge >= 0.3 is 6.03 Å². The highest BCUT2D eigenvalue weighted by Crippen LogP contribution is 2.27. The number of anilines is 4. The Kier molecular flexibility index (Phi) is 7.58. The molecule has 2 aromatic carbocycles. The quantitative estimate of drug-likeness (QED) is 0.254. The van der Waals surface area contributed by atoms with Crippen molar-refractivity contribution in [2.24, 2.45) is 0 Å². The molecule has 12 nitrogen and oxygen atoms in total. The number of urea groups is 1. The van der Waals surface area contributed by atoms with Gasteiger partial charge in [0.05, 0.1) is 23.6 Å². The number of morpholine rings is 1. The summed E-state index contributed by atoms with van der Waals surface area (Å²) in [6.45, 7) is 2.70. The lowest BCUT2D eigenvalue weighted by molar-refractivity contribution is 0.122. The molecule has 0 atom stereocenters. The minimum Gasteiger partial charge on any atom is -0.378 e. The zero-order valence-corrected chi connectivity index (χ0v) is 23.1. The lowest BCUT2D eigenvalue weighted by Gasteiger charge is -2.28. The Labute approximate surface area is 241 Å². The molecular formula is C29H26N8O4S. The summed E-state index contributed by atoms with van der Waals surface area (Å²) in [5, 5.41) is 5.48. The van der Waals surface area contributed by atoms with Crippen LogP contribution in [0.1, 0.15) is 0 Å². The molecule has 0 saturated carbocycles. The molecule has 1 saturated heterocycles. The third-order valence-electron chi connectivity index (χ3n) is 6.47. The van der Waals surface area contributed by atoms with Crippen molar-refractivity contribution in [2.45, 2.75) is 4.90 Å². The second-order valence-electron chi connectivity index (χ2n) is 9.34. The van der Waals surface area contributed by atoms with Crippen LogP contribution in [0.5, 0.6) is 0 Å². The summed E-state index contributed by atoms with van der Waals surface area (Å²) in [4.78, 5) is 32.8. The van der Waals surface area contributed by atoms with Crippen LogP contribution in [0.2, 0.25) is 0 Å². The van der Waals surface area contributed by atoms with Crippen molar-refractivity contribution < 1.29 is 17.9 Å². The number of hydrogen-bond acceptors (Lipinski definition) is 9. The van der Waals surface area contributed by atoms with Gasteiger partial charge in [-0.3, -0.25) is 9.71 Å². The number of fused-ring (bicyclic) bond motifs is 1. The molecule has 3 aromatic heterocycles. The molecule has 2 amide bonds. The number of nitrogens with zero attached hydrogens (tertiary/aromatic N) is 5. The maximum atomic E-state index is 12.6. The predicted molar refractivity (Wildman–Crippen MR) is 160 cm³/mol. The summed E-state index contributed by atoms with van der Waals surface area (Å²) in [5.41, 5.74) is 3.27. The molecule has 5 aromatic rings. The molecule has 1 fully saturated rings. The molecule has 0 bridgehead atoms. The maximum Gasteiger partial charge on any atom is 0.323 e. The lowest BCUT2D eigenvalue weighted by Crippen LogP contribution is -2.37. The summed E-state index contributed by atoms with van der Waals surface area (Å²) in [6.07, 6.45) is 3.23. The topological polar surface area (TPSA) is 151 Å². The van der Waals surface area contributed by atoms with E-state index in [1.165, 1.54) is 30.5 Å². The molecule has 0 spiro atoms. The van der Waals surface area contributed by atoms with Gasteiger partial charge in [0.2, 0.25) is 0 Å². The largest absolute Gasteiger partial charge is 0.378 e. The standard InChI is InChI=1S/C29H26N8O4S/c38-29(33-22-10-12-23(13-11-22)42(39,40)36-25-5-1-2-14-30-25)32-21-8-6-20(7-9-21)27-34-24-4-3-15-31-26(24)28(35-27)37-16-18-41-19-17-37/h1-15H,16-19H2,(H,30,36)(H2,32,33,38). The summed E-state index contributed by atoms with van der Waals surface area (Å²) < 4.78 is 33.1. The van der Waals surface area contributed by atoms with Gasteiger partial charge in [0.25, 0.3) is 10.0 Å². The monoisotopic (exact) mass is 582 g/mol. The van der Waals surface area contributed by atoms with Crippen LogP contribution in [0.25, 0.3) is 22.4 Å². The first-order chi connectivity index (χ1) is 20.4. The van der Waals surface area contributed by atoms with Crippen molar-refractivity contribution in [3.63, 3.8) is 0 Å². The Hall–Kier alpha value is -5.14. The number of pyridine rings is 2. The van der Waals surface area contributed by atoms with E-state index in [-0.39, 0.29) is 10.7 Å². The fourth-order valence-corrected chi connectivity index (χ4v) is 5.42. The minimum absolute atomic E-state index is 0.0400. The first-order valence-corrected chi connectivity index (χ1v) is 14.6. The molecule has 1 aliphatic rings. The highest BCUT2D eigenvalue weighted by molar-refractivity contribution is 7.92. The molecule has 0 radical (unpaired) electrons. The van der Waals surface area contributed by atoms with Crippen molar-refractivity contribution in [3.8, 4) is 11.4 Å². The Balaban J connectivity index is 1.12. The first kappa shape index (κ1) is 27.1. The van der Waals surface area contributed by atoms with Crippen LogP contribution in [0.4, 0.5) is 27.8 Å². The van der Waals surface area contributed by atoms with Crippen LogP contribution in [-0.4, -0.2) is 60.7 Å². The molecule has 1 aliphatic heterocycles. The van der Waals surface area contributed by atoms with E-state index in [1.807, 2.05) is 24.3 Å². The van der Waals surface area contributed by atoms with Gasteiger partial charge in [0.15, 0.2) is 11.6 Å². The highest BCUT2D eigenvalue weighted by Gasteiger charge is 2.19. The van der Waals surface area contributed by atoms with E-state index in [9.17, 15) is 13.2 Å². The fourth-order valence-electron chi connectivity index (χ4n) is 4.41. The molecule has 212 valence electrons. The van der Waals surface area contributed by atoms with Gasteiger partial charge in [0.1, 0.15) is 11.3 Å². The molecule has 0 unspecified atom stereocenters. The second kappa shape index (κ2) is 11.8. The minimum atomic E-state index is -3.82. The SMILES string of the molecule is O=C(Nc1ccc(-c2nc(N3CCOCC3)c3ncccc3n2)cc1)Nc1ccc(S(=O)(=O)Nc2ccccn2)cc1. The number of benzene rings is 2. The van der Waals surface area contributed by atoms with E-state index in [4.69, 9.17) is 14.7 Å². The molecule has 0 aliphatic carbocycles. The average molecular weight is 583 g/mol. The van der Waals surface area contributed by atoms with Crippen LogP contribution in [0.15, 0.2) is 96.2 Å². The predicted octanol–water partition coefficient (Wildman–Crippen LogP) is 4.37. The number of carbonyl (C=O) groups excluding carboxylic acids is 1. The Morgan fingerprint density at radius 2 is 1.48 bits per heavy atom. The van der Waals surface area contributed by atoms with Gasteiger partial charge in [-0.05, 0) is 72.8 Å². The van der Waals surface area contributed by atoms with E-state index in [0.717, 1.165) is 35.5 Å². The van der Waals surface area contributed by atoms with Crippen LogP contribution >= 0.6 is 0 Å². The fraction of sp³-hybridized carbons (Fsp3) is 0.138. The first-order valence-electron chi connectivity index (χ1n) is 13.1. The summed E-state index contributed by atoms with van der Waals surface area (Å²) in [5.74, 6) is 1.54. The van der Waals surface area contributed by atoms with Crippen LogP contribution in [0, 0.1) is 0 Å². The number of aromatic nitrogens is 4. The Morgan fingerprint density at radius 3 is 2.17 bits per heavy atom. The summed E-state index contributed by atoms with van der Waals surface area (Å²) >= 11 is 0. The van der Waals surface area contributed by atoms with Gasteiger partial charge in [-0.15, -0.1) is 0 Å². The van der Waals surface area contributed by atoms with Crippen molar-refractivity contribution in [3.05, 3.63) is 91.3 Å². The zero-order chi connectivity index (χ0) is 28.9.